The molecule has 0 N–H and O–H groups in total. The van der Waals surface area contributed by atoms with E-state index in [1.165, 1.54) is 0 Å². The van der Waals surface area contributed by atoms with E-state index in [-0.39, 0.29) is 17.7 Å². The number of furan rings is 1. The number of fused-ring (bicyclic) bond motifs is 3. The van der Waals surface area contributed by atoms with Gasteiger partial charge in [0.25, 0.3) is 0 Å². The van der Waals surface area contributed by atoms with Crippen molar-refractivity contribution in [3.63, 3.8) is 0 Å². The summed E-state index contributed by atoms with van der Waals surface area (Å²) in [6, 6.07) is 16.5. The predicted molar refractivity (Wildman–Crippen MR) is 136 cm³/mol. The first-order chi connectivity index (χ1) is 16.3. The van der Waals surface area contributed by atoms with Crippen molar-refractivity contribution in [2.45, 2.75) is 46.5 Å². The number of aromatic nitrogens is 2. The SMILES string of the molecule is Cc1ccc2c(oc3ncccc32)c1-c1ccc(-c2cc(C(C)C)c(F)c(C(C)C)c2)c[n+]1C. The average molecular weight is 454 g/mol. The summed E-state index contributed by atoms with van der Waals surface area (Å²) in [6.07, 6.45) is 3.88. The first-order valence-electron chi connectivity index (χ1n) is 11.9. The number of benzene rings is 2. The Morgan fingerprint density at radius 2 is 1.59 bits per heavy atom. The molecular weight excluding hydrogens is 423 g/mol. The van der Waals surface area contributed by atoms with Crippen molar-refractivity contribution in [3.05, 3.63) is 83.4 Å². The molecule has 0 aliphatic rings. The third-order valence-electron chi connectivity index (χ3n) is 6.72. The van der Waals surface area contributed by atoms with E-state index in [9.17, 15) is 0 Å². The Morgan fingerprint density at radius 3 is 2.24 bits per heavy atom. The minimum absolute atomic E-state index is 0.0736. The van der Waals surface area contributed by atoms with Crippen molar-refractivity contribution in [3.8, 4) is 22.4 Å². The van der Waals surface area contributed by atoms with Gasteiger partial charge < -0.3 is 4.42 Å². The van der Waals surface area contributed by atoms with Crippen LogP contribution in [-0.4, -0.2) is 4.98 Å². The molecule has 0 saturated heterocycles. The second-order valence-electron chi connectivity index (χ2n) is 9.78. The van der Waals surface area contributed by atoms with Crippen molar-refractivity contribution in [2.75, 3.05) is 0 Å². The van der Waals surface area contributed by atoms with Crippen molar-refractivity contribution < 1.29 is 13.4 Å². The molecule has 0 spiro atoms. The Hall–Kier alpha value is -3.53. The molecule has 0 aliphatic carbocycles. The molecular formula is C30H30FN2O+. The summed E-state index contributed by atoms with van der Waals surface area (Å²) in [6.45, 7) is 10.3. The highest BCUT2D eigenvalue weighted by Crippen LogP contribution is 2.37. The van der Waals surface area contributed by atoms with Crippen LogP contribution in [0.15, 0.2) is 65.3 Å². The Bertz CT molecular complexity index is 1520. The maximum atomic E-state index is 15.1. The van der Waals surface area contributed by atoms with E-state index in [0.29, 0.717) is 5.71 Å². The van der Waals surface area contributed by atoms with Crippen LogP contribution in [0.2, 0.25) is 0 Å². The van der Waals surface area contributed by atoms with Crippen LogP contribution in [0.25, 0.3) is 44.5 Å². The minimum atomic E-state index is -0.0736. The Balaban J connectivity index is 1.68. The summed E-state index contributed by atoms with van der Waals surface area (Å²) < 4.78 is 23.4. The van der Waals surface area contributed by atoms with Crippen molar-refractivity contribution in [1.29, 1.82) is 0 Å². The lowest BCUT2D eigenvalue weighted by atomic mass is 9.90. The van der Waals surface area contributed by atoms with Gasteiger partial charge in [-0.25, -0.2) is 13.9 Å². The van der Waals surface area contributed by atoms with E-state index < -0.39 is 0 Å². The molecule has 34 heavy (non-hydrogen) atoms. The fraction of sp³-hybridized carbons (Fsp3) is 0.267. The Labute approximate surface area is 199 Å². The second-order valence-corrected chi connectivity index (χ2v) is 9.78. The van der Waals surface area contributed by atoms with Crippen LogP contribution in [0, 0.1) is 12.7 Å². The average Bonchev–Trinajstić information content (AvgIpc) is 3.18. The summed E-state index contributed by atoms with van der Waals surface area (Å²) in [5.41, 5.74) is 8.40. The monoisotopic (exact) mass is 453 g/mol. The number of hydrogen-bond donors (Lipinski definition) is 0. The van der Waals surface area contributed by atoms with Gasteiger partial charge in [-0.3, -0.25) is 0 Å². The number of aryl methyl sites for hydroxylation is 2. The molecule has 3 aromatic heterocycles. The van der Waals surface area contributed by atoms with E-state index in [2.05, 4.69) is 46.9 Å². The summed E-state index contributed by atoms with van der Waals surface area (Å²) in [7, 11) is 2.05. The number of hydrogen-bond acceptors (Lipinski definition) is 2. The summed E-state index contributed by atoms with van der Waals surface area (Å²) >= 11 is 0. The van der Waals surface area contributed by atoms with Gasteiger partial charge in [0, 0.05) is 28.6 Å². The number of nitrogens with zero attached hydrogens (tertiary/aromatic N) is 2. The van der Waals surface area contributed by atoms with Gasteiger partial charge in [0.05, 0.1) is 5.56 Å². The van der Waals surface area contributed by atoms with Crippen molar-refractivity contribution in [2.24, 2.45) is 7.05 Å². The topological polar surface area (TPSA) is 29.9 Å². The molecule has 0 atom stereocenters. The van der Waals surface area contributed by atoms with E-state index in [0.717, 1.165) is 55.4 Å². The van der Waals surface area contributed by atoms with Gasteiger partial charge in [-0.05, 0) is 71.3 Å². The van der Waals surface area contributed by atoms with Crippen LogP contribution in [-0.2, 0) is 7.05 Å². The molecule has 5 aromatic rings. The van der Waals surface area contributed by atoms with Crippen LogP contribution >= 0.6 is 0 Å². The van der Waals surface area contributed by atoms with E-state index in [1.54, 1.807) is 6.20 Å². The number of halogens is 1. The molecule has 172 valence electrons. The zero-order valence-electron chi connectivity index (χ0n) is 20.6. The lowest BCUT2D eigenvalue weighted by molar-refractivity contribution is -0.659. The molecule has 3 heterocycles. The molecule has 0 fully saturated rings. The van der Waals surface area contributed by atoms with Crippen LogP contribution in [0.3, 0.4) is 0 Å². The first kappa shape index (κ1) is 22.3. The van der Waals surface area contributed by atoms with Crippen molar-refractivity contribution in [1.82, 2.24) is 4.98 Å². The largest absolute Gasteiger partial charge is 0.437 e. The zero-order valence-corrected chi connectivity index (χ0v) is 20.6. The van der Waals surface area contributed by atoms with Gasteiger partial charge in [-0.2, -0.15) is 0 Å². The standard InChI is InChI=1S/C30H30FN2O/c1-17(2)24-14-21(15-25(18(3)4)28(24)31)20-10-12-26(33(6)16-20)27-19(5)9-11-22-23-8-7-13-32-30(23)34-29(22)27/h7-18H,1-6H3/q+1. The molecule has 0 radical (unpaired) electrons. The van der Waals surface area contributed by atoms with Crippen LogP contribution < -0.4 is 4.57 Å². The normalized spacial score (nSPS) is 11.9. The van der Waals surface area contributed by atoms with Crippen LogP contribution in [0.5, 0.6) is 0 Å². The van der Waals surface area contributed by atoms with Crippen LogP contribution in [0.1, 0.15) is 56.2 Å². The highest BCUT2D eigenvalue weighted by molar-refractivity contribution is 6.08. The van der Waals surface area contributed by atoms with Crippen molar-refractivity contribution >= 4 is 22.1 Å². The molecule has 5 rings (SSSR count). The number of rotatable bonds is 4. The van der Waals surface area contributed by atoms with Gasteiger partial charge in [0.1, 0.15) is 12.9 Å². The maximum Gasteiger partial charge on any atom is 0.227 e. The summed E-state index contributed by atoms with van der Waals surface area (Å²) in [5.74, 6) is 0.162. The summed E-state index contributed by atoms with van der Waals surface area (Å²) in [5, 5.41) is 2.08. The van der Waals surface area contributed by atoms with E-state index >= 15 is 4.39 Å². The first-order valence-corrected chi connectivity index (χ1v) is 11.9. The second kappa shape index (κ2) is 8.35. The molecule has 0 bridgehead atoms. The van der Waals surface area contributed by atoms with Gasteiger partial charge in [0.15, 0.2) is 11.8 Å². The molecule has 0 unspecified atom stereocenters. The van der Waals surface area contributed by atoms with Gasteiger partial charge in [0.2, 0.25) is 11.4 Å². The smallest absolute Gasteiger partial charge is 0.227 e. The van der Waals surface area contributed by atoms with Gasteiger partial charge in [-0.15, -0.1) is 0 Å². The van der Waals surface area contributed by atoms with Gasteiger partial charge >= 0.3 is 0 Å². The predicted octanol–water partition coefficient (Wildman–Crippen LogP) is 7.83. The minimum Gasteiger partial charge on any atom is -0.437 e. The summed E-state index contributed by atoms with van der Waals surface area (Å²) in [4.78, 5) is 4.41. The quantitative estimate of drug-likeness (QED) is 0.260. The van der Waals surface area contributed by atoms with E-state index in [4.69, 9.17) is 4.42 Å². The Morgan fingerprint density at radius 1 is 0.882 bits per heavy atom. The third-order valence-corrected chi connectivity index (χ3v) is 6.72. The fourth-order valence-electron chi connectivity index (χ4n) is 4.81. The van der Waals surface area contributed by atoms with Gasteiger partial charge in [-0.1, -0.05) is 39.8 Å². The molecule has 3 nitrogen and oxygen atoms in total. The Kier molecular flexibility index (Phi) is 5.47. The third kappa shape index (κ3) is 3.58. The molecule has 0 amide bonds. The lowest BCUT2D eigenvalue weighted by Crippen LogP contribution is -2.31. The molecule has 2 aromatic carbocycles. The number of pyridine rings is 2. The highest BCUT2D eigenvalue weighted by Gasteiger charge is 2.22. The fourth-order valence-corrected chi connectivity index (χ4v) is 4.81. The molecule has 0 saturated carbocycles. The maximum absolute atomic E-state index is 15.1. The highest BCUT2D eigenvalue weighted by atomic mass is 19.1. The van der Waals surface area contributed by atoms with Crippen LogP contribution in [0.4, 0.5) is 4.39 Å². The van der Waals surface area contributed by atoms with E-state index in [1.807, 2.05) is 59.0 Å². The lowest BCUT2D eigenvalue weighted by Gasteiger charge is -2.16. The zero-order chi connectivity index (χ0) is 24.1. The molecule has 0 aliphatic heterocycles. The molecule has 4 heteroatoms.